The maximum atomic E-state index is 9.72. The molecule has 0 saturated heterocycles. The van der Waals surface area contributed by atoms with Gasteiger partial charge in [-0.2, -0.15) is 0 Å². The van der Waals surface area contributed by atoms with Crippen molar-refractivity contribution < 1.29 is 14.6 Å². The molecule has 0 atom stereocenters. The summed E-state index contributed by atoms with van der Waals surface area (Å²) in [4.78, 5) is 0. The molecular formula is C22H22O3. The third kappa shape index (κ3) is 5.28. The van der Waals surface area contributed by atoms with Crippen LogP contribution in [0, 0.1) is 0 Å². The summed E-state index contributed by atoms with van der Waals surface area (Å²) in [6, 6.07) is 25.3. The Morgan fingerprint density at radius 3 is 2.08 bits per heavy atom. The van der Waals surface area contributed by atoms with Crippen LogP contribution in [0.25, 0.3) is 0 Å². The Bertz CT molecular complexity index is 770. The fraction of sp³-hybridized carbons (Fsp3) is 0.182. The summed E-state index contributed by atoms with van der Waals surface area (Å²) in [5, 5.41) is 9.72. The van der Waals surface area contributed by atoms with Crippen molar-refractivity contribution in [2.75, 3.05) is 6.61 Å². The van der Waals surface area contributed by atoms with Crippen LogP contribution in [-0.2, 0) is 13.0 Å². The lowest BCUT2D eigenvalue weighted by atomic mass is 10.1. The van der Waals surface area contributed by atoms with Crippen molar-refractivity contribution in [2.24, 2.45) is 0 Å². The van der Waals surface area contributed by atoms with Crippen molar-refractivity contribution in [1.29, 1.82) is 0 Å². The molecule has 3 aromatic carbocycles. The largest absolute Gasteiger partial charge is 0.508 e. The molecule has 0 aliphatic rings. The summed E-state index contributed by atoms with van der Waals surface area (Å²) in [6.07, 6.45) is 1.86. The van der Waals surface area contributed by atoms with Crippen molar-refractivity contribution in [3.05, 3.63) is 90.0 Å². The van der Waals surface area contributed by atoms with Gasteiger partial charge in [0.05, 0.1) is 6.61 Å². The predicted octanol–water partition coefficient (Wildman–Crippen LogP) is 4.98. The Labute approximate surface area is 148 Å². The van der Waals surface area contributed by atoms with Gasteiger partial charge in [-0.25, -0.2) is 0 Å². The quantitative estimate of drug-likeness (QED) is 0.590. The average Bonchev–Trinajstić information content (AvgIpc) is 2.66. The third-order valence-electron chi connectivity index (χ3n) is 3.87. The van der Waals surface area contributed by atoms with E-state index < -0.39 is 0 Å². The molecule has 0 bridgehead atoms. The van der Waals surface area contributed by atoms with E-state index in [9.17, 15) is 5.11 Å². The smallest absolute Gasteiger partial charge is 0.164 e. The highest BCUT2D eigenvalue weighted by molar-refractivity contribution is 5.45. The number of ether oxygens (including phenoxy) is 2. The van der Waals surface area contributed by atoms with Crippen LogP contribution in [0.2, 0.25) is 0 Å². The second kappa shape index (κ2) is 8.78. The van der Waals surface area contributed by atoms with E-state index in [1.807, 2.05) is 48.5 Å². The number of benzene rings is 3. The average molecular weight is 334 g/mol. The van der Waals surface area contributed by atoms with E-state index in [1.165, 1.54) is 5.56 Å². The first-order valence-electron chi connectivity index (χ1n) is 8.48. The van der Waals surface area contributed by atoms with Gasteiger partial charge in [-0.1, -0.05) is 60.7 Å². The van der Waals surface area contributed by atoms with Crippen LogP contribution in [0.5, 0.6) is 17.2 Å². The van der Waals surface area contributed by atoms with Gasteiger partial charge in [-0.15, -0.1) is 0 Å². The molecule has 1 N–H and O–H groups in total. The topological polar surface area (TPSA) is 38.7 Å². The van der Waals surface area contributed by atoms with Crippen LogP contribution in [0.4, 0.5) is 0 Å². The highest BCUT2D eigenvalue weighted by Gasteiger charge is 2.07. The van der Waals surface area contributed by atoms with Gasteiger partial charge in [0.2, 0.25) is 0 Å². The number of rotatable bonds is 8. The molecule has 0 amide bonds. The van der Waals surface area contributed by atoms with Gasteiger partial charge in [-0.3, -0.25) is 0 Å². The lowest BCUT2D eigenvalue weighted by Gasteiger charge is -2.13. The van der Waals surface area contributed by atoms with E-state index in [1.54, 1.807) is 18.2 Å². The molecule has 0 unspecified atom stereocenters. The predicted molar refractivity (Wildman–Crippen MR) is 99.1 cm³/mol. The first kappa shape index (κ1) is 16.9. The highest BCUT2D eigenvalue weighted by Crippen LogP contribution is 2.31. The molecule has 3 nitrogen and oxygen atoms in total. The summed E-state index contributed by atoms with van der Waals surface area (Å²) in [7, 11) is 0. The minimum atomic E-state index is 0.171. The summed E-state index contributed by atoms with van der Waals surface area (Å²) >= 11 is 0. The summed E-state index contributed by atoms with van der Waals surface area (Å²) in [5.41, 5.74) is 2.38. The molecule has 3 heteroatoms. The van der Waals surface area contributed by atoms with Crippen LogP contribution < -0.4 is 9.47 Å². The van der Waals surface area contributed by atoms with E-state index in [2.05, 4.69) is 12.1 Å². The van der Waals surface area contributed by atoms with Gasteiger partial charge in [0.25, 0.3) is 0 Å². The molecule has 0 saturated carbocycles. The fourth-order valence-electron chi connectivity index (χ4n) is 2.57. The van der Waals surface area contributed by atoms with Gasteiger partial charge in [0, 0.05) is 6.07 Å². The van der Waals surface area contributed by atoms with Crippen LogP contribution in [-0.4, -0.2) is 11.7 Å². The summed E-state index contributed by atoms with van der Waals surface area (Å²) in [6.45, 7) is 1.03. The monoisotopic (exact) mass is 334 g/mol. The minimum absolute atomic E-state index is 0.171. The Balaban J connectivity index is 1.55. The van der Waals surface area contributed by atoms with Crippen LogP contribution in [0.1, 0.15) is 17.5 Å². The van der Waals surface area contributed by atoms with Gasteiger partial charge < -0.3 is 14.6 Å². The summed E-state index contributed by atoms with van der Waals surface area (Å²) in [5.74, 6) is 1.38. The van der Waals surface area contributed by atoms with Crippen LogP contribution in [0.3, 0.4) is 0 Å². The standard InChI is InChI=1S/C22H22O3/c23-20-13-14-21(25-17-19-10-5-2-6-11-19)22(16-20)24-15-7-12-18-8-3-1-4-9-18/h1-6,8-11,13-14,16,23H,7,12,15,17H2. The first-order valence-corrected chi connectivity index (χ1v) is 8.48. The number of hydrogen-bond acceptors (Lipinski definition) is 3. The van der Waals surface area contributed by atoms with Crippen LogP contribution in [0.15, 0.2) is 78.9 Å². The van der Waals surface area contributed by atoms with Crippen molar-refractivity contribution in [2.45, 2.75) is 19.4 Å². The normalized spacial score (nSPS) is 10.4. The maximum absolute atomic E-state index is 9.72. The Kier molecular flexibility index (Phi) is 5.94. The zero-order valence-corrected chi connectivity index (χ0v) is 14.1. The van der Waals surface area contributed by atoms with Crippen molar-refractivity contribution in [1.82, 2.24) is 0 Å². The number of aromatic hydroxyl groups is 1. The van der Waals surface area contributed by atoms with E-state index in [0.717, 1.165) is 18.4 Å². The number of phenols is 1. The first-order chi connectivity index (χ1) is 12.3. The van der Waals surface area contributed by atoms with Crippen LogP contribution >= 0.6 is 0 Å². The molecule has 0 aliphatic heterocycles. The molecule has 0 radical (unpaired) electrons. The second-order valence-corrected chi connectivity index (χ2v) is 5.84. The summed E-state index contributed by atoms with van der Waals surface area (Å²) < 4.78 is 11.7. The Morgan fingerprint density at radius 1 is 0.680 bits per heavy atom. The zero-order valence-electron chi connectivity index (χ0n) is 14.1. The lowest BCUT2D eigenvalue weighted by molar-refractivity contribution is 0.258. The second-order valence-electron chi connectivity index (χ2n) is 5.84. The molecular weight excluding hydrogens is 312 g/mol. The third-order valence-corrected chi connectivity index (χ3v) is 3.87. The zero-order chi connectivity index (χ0) is 17.3. The van der Waals surface area contributed by atoms with Crippen molar-refractivity contribution in [3.8, 4) is 17.2 Å². The molecule has 0 heterocycles. The van der Waals surface area contributed by atoms with E-state index in [4.69, 9.17) is 9.47 Å². The van der Waals surface area contributed by atoms with Crippen molar-refractivity contribution >= 4 is 0 Å². The molecule has 0 fully saturated rings. The number of phenolic OH excluding ortho intramolecular Hbond substituents is 1. The Hall–Kier alpha value is -2.94. The lowest BCUT2D eigenvalue weighted by Crippen LogP contribution is -2.02. The number of hydrogen-bond donors (Lipinski definition) is 1. The molecule has 3 aromatic rings. The maximum Gasteiger partial charge on any atom is 0.164 e. The molecule has 128 valence electrons. The molecule has 0 aromatic heterocycles. The fourth-order valence-corrected chi connectivity index (χ4v) is 2.57. The van der Waals surface area contributed by atoms with Gasteiger partial charge in [0.15, 0.2) is 11.5 Å². The van der Waals surface area contributed by atoms with E-state index in [0.29, 0.717) is 24.7 Å². The Morgan fingerprint density at radius 2 is 1.36 bits per heavy atom. The minimum Gasteiger partial charge on any atom is -0.508 e. The van der Waals surface area contributed by atoms with Crippen molar-refractivity contribution in [3.63, 3.8) is 0 Å². The van der Waals surface area contributed by atoms with Gasteiger partial charge >= 0.3 is 0 Å². The SMILES string of the molecule is Oc1ccc(OCc2ccccc2)c(OCCCc2ccccc2)c1. The number of aryl methyl sites for hydroxylation is 1. The molecule has 0 spiro atoms. The van der Waals surface area contributed by atoms with Gasteiger partial charge in [-0.05, 0) is 36.1 Å². The molecule has 25 heavy (non-hydrogen) atoms. The van der Waals surface area contributed by atoms with E-state index in [-0.39, 0.29) is 5.75 Å². The van der Waals surface area contributed by atoms with Gasteiger partial charge in [0.1, 0.15) is 12.4 Å². The molecule has 0 aliphatic carbocycles. The highest BCUT2D eigenvalue weighted by atomic mass is 16.5. The molecule has 3 rings (SSSR count). The van der Waals surface area contributed by atoms with E-state index >= 15 is 0 Å².